The molecular weight excluding hydrogens is 343 g/mol. The lowest BCUT2D eigenvalue weighted by Gasteiger charge is -2.10. The standard InChI is InChI=1S/C18H14Cl2N4/c19-13-8-7-12(10-14(13)20)16-15(23-18(22)24-17(16)21)9-6-11-4-2-1-3-5-11/h1-10H,(H4,21,22,23,24)/b9-6+. The topological polar surface area (TPSA) is 77.8 Å². The average molecular weight is 357 g/mol. The number of nitrogens with two attached hydrogens (primary N) is 2. The van der Waals surface area contributed by atoms with E-state index in [1.54, 1.807) is 12.1 Å². The normalized spacial score (nSPS) is 11.1. The molecule has 0 aliphatic rings. The maximum Gasteiger partial charge on any atom is 0.222 e. The predicted octanol–water partition coefficient (Wildman–Crippen LogP) is 4.79. The Labute approximate surface area is 149 Å². The van der Waals surface area contributed by atoms with E-state index >= 15 is 0 Å². The van der Waals surface area contributed by atoms with Crippen LogP contribution in [0.2, 0.25) is 10.0 Å². The molecule has 0 fully saturated rings. The monoisotopic (exact) mass is 356 g/mol. The number of nitrogen functional groups attached to an aromatic ring is 2. The van der Waals surface area contributed by atoms with E-state index in [1.807, 2.05) is 48.6 Å². The summed E-state index contributed by atoms with van der Waals surface area (Å²) in [6, 6.07) is 15.1. The van der Waals surface area contributed by atoms with Gasteiger partial charge in [0.25, 0.3) is 0 Å². The number of halogens is 2. The zero-order valence-corrected chi connectivity index (χ0v) is 14.1. The second kappa shape index (κ2) is 6.91. The van der Waals surface area contributed by atoms with Crippen molar-refractivity contribution in [3.63, 3.8) is 0 Å². The highest BCUT2D eigenvalue weighted by Gasteiger charge is 2.13. The molecule has 1 heterocycles. The Morgan fingerprint density at radius 2 is 1.58 bits per heavy atom. The van der Waals surface area contributed by atoms with Crippen molar-refractivity contribution in [1.82, 2.24) is 9.97 Å². The van der Waals surface area contributed by atoms with Gasteiger partial charge in [-0.05, 0) is 29.3 Å². The van der Waals surface area contributed by atoms with Gasteiger partial charge >= 0.3 is 0 Å². The van der Waals surface area contributed by atoms with E-state index in [0.717, 1.165) is 11.1 Å². The third-order valence-electron chi connectivity index (χ3n) is 3.42. The molecule has 120 valence electrons. The molecule has 24 heavy (non-hydrogen) atoms. The fraction of sp³-hybridized carbons (Fsp3) is 0. The average Bonchev–Trinajstić information content (AvgIpc) is 2.56. The largest absolute Gasteiger partial charge is 0.383 e. The lowest BCUT2D eigenvalue weighted by molar-refractivity contribution is 1.18. The number of nitrogens with zero attached hydrogens (tertiary/aromatic N) is 2. The van der Waals surface area contributed by atoms with Crippen LogP contribution < -0.4 is 11.5 Å². The predicted molar refractivity (Wildman–Crippen MR) is 102 cm³/mol. The van der Waals surface area contributed by atoms with Crippen molar-refractivity contribution in [2.45, 2.75) is 0 Å². The molecule has 0 spiro atoms. The summed E-state index contributed by atoms with van der Waals surface area (Å²) in [5.74, 6) is 0.401. The number of rotatable bonds is 3. The first-order valence-corrected chi connectivity index (χ1v) is 7.92. The fourth-order valence-electron chi connectivity index (χ4n) is 2.32. The van der Waals surface area contributed by atoms with Crippen molar-refractivity contribution in [2.75, 3.05) is 11.5 Å². The first kappa shape index (κ1) is 16.3. The van der Waals surface area contributed by atoms with Crippen LogP contribution in [0, 0.1) is 0 Å². The van der Waals surface area contributed by atoms with E-state index in [4.69, 9.17) is 34.7 Å². The van der Waals surface area contributed by atoms with Crippen molar-refractivity contribution >= 4 is 47.1 Å². The van der Waals surface area contributed by atoms with Gasteiger partial charge in [0.1, 0.15) is 5.82 Å². The smallest absolute Gasteiger partial charge is 0.222 e. The summed E-state index contributed by atoms with van der Waals surface area (Å²) in [6.45, 7) is 0. The minimum atomic E-state index is 0.115. The van der Waals surface area contributed by atoms with Gasteiger partial charge in [0, 0.05) is 5.56 Å². The molecule has 0 atom stereocenters. The number of aromatic nitrogens is 2. The Kier molecular flexibility index (Phi) is 4.69. The minimum absolute atomic E-state index is 0.115. The van der Waals surface area contributed by atoms with Gasteiger partial charge in [-0.25, -0.2) is 4.98 Å². The first-order chi connectivity index (χ1) is 11.5. The van der Waals surface area contributed by atoms with Crippen LogP contribution in [-0.2, 0) is 0 Å². The molecule has 0 aliphatic carbocycles. The molecule has 0 saturated heterocycles. The van der Waals surface area contributed by atoms with Gasteiger partial charge in [0.15, 0.2) is 0 Å². The third kappa shape index (κ3) is 3.50. The van der Waals surface area contributed by atoms with Gasteiger partial charge in [-0.2, -0.15) is 4.98 Å². The van der Waals surface area contributed by atoms with Crippen molar-refractivity contribution in [3.8, 4) is 11.1 Å². The van der Waals surface area contributed by atoms with Gasteiger partial charge in [0.05, 0.1) is 15.7 Å². The lowest BCUT2D eigenvalue weighted by Crippen LogP contribution is -2.04. The van der Waals surface area contributed by atoms with E-state index in [-0.39, 0.29) is 11.8 Å². The number of benzene rings is 2. The van der Waals surface area contributed by atoms with E-state index < -0.39 is 0 Å². The molecule has 0 amide bonds. The van der Waals surface area contributed by atoms with Gasteiger partial charge < -0.3 is 11.5 Å². The molecule has 0 aliphatic heterocycles. The van der Waals surface area contributed by atoms with Crippen LogP contribution in [0.1, 0.15) is 11.3 Å². The van der Waals surface area contributed by atoms with E-state index in [0.29, 0.717) is 21.3 Å². The van der Waals surface area contributed by atoms with Gasteiger partial charge in [-0.15, -0.1) is 0 Å². The molecule has 3 rings (SSSR count). The highest BCUT2D eigenvalue weighted by Crippen LogP contribution is 2.33. The van der Waals surface area contributed by atoms with Crippen LogP contribution in [0.4, 0.5) is 11.8 Å². The molecule has 1 aromatic heterocycles. The summed E-state index contributed by atoms with van der Waals surface area (Å²) in [5.41, 5.74) is 14.9. The molecular formula is C18H14Cl2N4. The van der Waals surface area contributed by atoms with Gasteiger partial charge in [0.2, 0.25) is 5.95 Å². The lowest BCUT2D eigenvalue weighted by atomic mass is 10.0. The van der Waals surface area contributed by atoms with Crippen LogP contribution in [0.25, 0.3) is 23.3 Å². The maximum absolute atomic E-state index is 6.12. The Bertz CT molecular complexity index is 908. The second-order valence-corrected chi connectivity index (χ2v) is 5.91. The van der Waals surface area contributed by atoms with Crippen LogP contribution in [0.5, 0.6) is 0 Å². The fourth-order valence-corrected chi connectivity index (χ4v) is 2.62. The van der Waals surface area contributed by atoms with E-state index in [9.17, 15) is 0 Å². The molecule has 4 N–H and O–H groups in total. The summed E-state index contributed by atoms with van der Waals surface area (Å²) in [4.78, 5) is 8.35. The minimum Gasteiger partial charge on any atom is -0.383 e. The zero-order valence-electron chi connectivity index (χ0n) is 12.6. The van der Waals surface area contributed by atoms with Crippen LogP contribution in [0.3, 0.4) is 0 Å². The number of anilines is 2. The highest BCUT2D eigenvalue weighted by molar-refractivity contribution is 6.42. The summed E-state index contributed by atoms with van der Waals surface area (Å²) < 4.78 is 0. The van der Waals surface area contributed by atoms with Crippen LogP contribution >= 0.6 is 23.2 Å². The summed E-state index contributed by atoms with van der Waals surface area (Å²) in [6.07, 6.45) is 3.78. The second-order valence-electron chi connectivity index (χ2n) is 5.10. The Hall–Kier alpha value is -2.56. The summed E-state index contributed by atoms with van der Waals surface area (Å²) in [5, 5.41) is 0.903. The molecule has 6 heteroatoms. The molecule has 0 saturated carbocycles. The SMILES string of the molecule is Nc1nc(N)c(-c2ccc(Cl)c(Cl)c2)c(/C=C/c2ccccc2)n1. The molecule has 2 aromatic carbocycles. The Morgan fingerprint density at radius 1 is 0.833 bits per heavy atom. The first-order valence-electron chi connectivity index (χ1n) is 7.16. The molecule has 0 unspecified atom stereocenters. The number of hydrogen-bond acceptors (Lipinski definition) is 4. The van der Waals surface area contributed by atoms with Gasteiger partial charge in [-0.1, -0.05) is 65.7 Å². The van der Waals surface area contributed by atoms with Crippen molar-refractivity contribution in [3.05, 3.63) is 69.8 Å². The van der Waals surface area contributed by atoms with E-state index in [2.05, 4.69) is 9.97 Å². The summed E-state index contributed by atoms with van der Waals surface area (Å²) in [7, 11) is 0. The van der Waals surface area contributed by atoms with Crippen LogP contribution in [-0.4, -0.2) is 9.97 Å². The quantitative estimate of drug-likeness (QED) is 0.707. The van der Waals surface area contributed by atoms with E-state index in [1.165, 1.54) is 0 Å². The van der Waals surface area contributed by atoms with Gasteiger partial charge in [-0.3, -0.25) is 0 Å². The molecule has 0 bridgehead atoms. The molecule has 0 radical (unpaired) electrons. The Morgan fingerprint density at radius 3 is 2.29 bits per heavy atom. The maximum atomic E-state index is 6.12. The molecule has 4 nitrogen and oxygen atoms in total. The van der Waals surface area contributed by atoms with Crippen molar-refractivity contribution < 1.29 is 0 Å². The van der Waals surface area contributed by atoms with Crippen molar-refractivity contribution in [1.29, 1.82) is 0 Å². The van der Waals surface area contributed by atoms with Crippen LogP contribution in [0.15, 0.2) is 48.5 Å². The third-order valence-corrected chi connectivity index (χ3v) is 4.16. The summed E-state index contributed by atoms with van der Waals surface area (Å²) >= 11 is 12.1. The highest BCUT2D eigenvalue weighted by atomic mass is 35.5. The molecule has 3 aromatic rings. The van der Waals surface area contributed by atoms with Crippen molar-refractivity contribution in [2.24, 2.45) is 0 Å². The Balaban J connectivity index is 2.11. The number of hydrogen-bond donors (Lipinski definition) is 2. The zero-order chi connectivity index (χ0) is 17.1.